The van der Waals surface area contributed by atoms with Gasteiger partial charge >= 0.3 is 0 Å². The smallest absolute Gasteiger partial charge is 0.295 e. The molecule has 0 unspecified atom stereocenters. The number of fused-ring (bicyclic) bond motifs is 1. The van der Waals surface area contributed by atoms with E-state index in [4.69, 9.17) is 4.74 Å². The van der Waals surface area contributed by atoms with Crippen molar-refractivity contribution in [3.63, 3.8) is 0 Å². The molecule has 0 aliphatic heterocycles. The first-order valence-corrected chi connectivity index (χ1v) is 5.48. The minimum absolute atomic E-state index is 0.00722. The van der Waals surface area contributed by atoms with E-state index in [-0.39, 0.29) is 5.69 Å². The molecule has 0 bridgehead atoms. The molecule has 0 spiro atoms. The van der Waals surface area contributed by atoms with Gasteiger partial charge in [-0.3, -0.25) is 10.1 Å². The van der Waals surface area contributed by atoms with Crippen LogP contribution in [0.3, 0.4) is 0 Å². The molecule has 6 heteroatoms. The highest BCUT2D eigenvalue weighted by atomic mass is 127. The van der Waals surface area contributed by atoms with Gasteiger partial charge in [0.1, 0.15) is 5.75 Å². The summed E-state index contributed by atoms with van der Waals surface area (Å²) in [6.45, 7) is 0. The minimum Gasteiger partial charge on any atom is -0.496 e. The topological polar surface area (TPSA) is 65.3 Å². The highest BCUT2D eigenvalue weighted by Gasteiger charge is 2.16. The number of hydrogen-bond donors (Lipinski definition) is 0. The van der Waals surface area contributed by atoms with Crippen molar-refractivity contribution in [2.45, 2.75) is 0 Å². The quantitative estimate of drug-likeness (QED) is 0.482. The highest BCUT2D eigenvalue weighted by Crippen LogP contribution is 2.31. The molecule has 0 fully saturated rings. The molecule has 0 atom stereocenters. The summed E-state index contributed by atoms with van der Waals surface area (Å²) in [5.74, 6) is 0.589. The third-order valence-electron chi connectivity index (χ3n) is 2.17. The zero-order chi connectivity index (χ0) is 11.7. The van der Waals surface area contributed by atoms with E-state index in [1.165, 1.54) is 13.2 Å². The van der Waals surface area contributed by atoms with E-state index >= 15 is 0 Å². The molecule has 1 heterocycles. The Bertz CT molecular complexity index is 571. The van der Waals surface area contributed by atoms with Crippen LogP contribution in [0.1, 0.15) is 0 Å². The lowest BCUT2D eigenvalue weighted by Crippen LogP contribution is -1.94. The summed E-state index contributed by atoms with van der Waals surface area (Å²) in [4.78, 5) is 14.5. The zero-order valence-corrected chi connectivity index (χ0v) is 10.5. The van der Waals surface area contributed by atoms with Crippen molar-refractivity contribution < 1.29 is 9.66 Å². The summed E-state index contributed by atoms with van der Waals surface area (Å²) in [6, 6.07) is 4.80. The number of nitrogens with zero attached hydrogens (tertiary/aromatic N) is 2. The molecule has 0 saturated heterocycles. The Balaban J connectivity index is 2.85. The van der Waals surface area contributed by atoms with Crippen LogP contribution in [0, 0.1) is 13.7 Å². The second-order valence-corrected chi connectivity index (χ2v) is 4.34. The van der Waals surface area contributed by atoms with Gasteiger partial charge in [-0.15, -0.1) is 0 Å². The van der Waals surface area contributed by atoms with Gasteiger partial charge in [-0.1, -0.05) is 0 Å². The standard InChI is InChI=1S/C10H7IN2O3/c1-16-9-3-2-8(13(14)15)10-7(9)4-6(11)5-12-10/h2-5H,1H3. The molecule has 0 aliphatic carbocycles. The Morgan fingerprint density at radius 2 is 2.25 bits per heavy atom. The number of halogens is 1. The fourth-order valence-electron chi connectivity index (χ4n) is 1.48. The number of nitro groups is 1. The normalized spacial score (nSPS) is 10.4. The van der Waals surface area contributed by atoms with Gasteiger partial charge in [0, 0.05) is 15.8 Å². The molecule has 5 nitrogen and oxygen atoms in total. The lowest BCUT2D eigenvalue weighted by molar-refractivity contribution is -0.383. The summed E-state index contributed by atoms with van der Waals surface area (Å²) in [5.41, 5.74) is 0.344. The third-order valence-corrected chi connectivity index (χ3v) is 2.76. The maximum Gasteiger partial charge on any atom is 0.295 e. The summed E-state index contributed by atoms with van der Waals surface area (Å²) in [7, 11) is 1.53. The van der Waals surface area contributed by atoms with Crippen molar-refractivity contribution >= 4 is 39.2 Å². The Hall–Kier alpha value is -1.44. The molecule has 0 saturated carbocycles. The van der Waals surface area contributed by atoms with E-state index < -0.39 is 4.92 Å². The van der Waals surface area contributed by atoms with E-state index in [0.717, 1.165) is 3.57 Å². The van der Waals surface area contributed by atoms with Crippen LogP contribution in [0.2, 0.25) is 0 Å². The van der Waals surface area contributed by atoms with Gasteiger partial charge in [0.25, 0.3) is 5.69 Å². The number of methoxy groups -OCH3 is 1. The second kappa shape index (κ2) is 4.20. The molecular weight excluding hydrogens is 323 g/mol. The maximum atomic E-state index is 10.8. The molecule has 0 radical (unpaired) electrons. The molecule has 16 heavy (non-hydrogen) atoms. The first-order chi connectivity index (χ1) is 7.63. The van der Waals surface area contributed by atoms with Crippen LogP contribution in [0.4, 0.5) is 5.69 Å². The summed E-state index contributed by atoms with van der Waals surface area (Å²) >= 11 is 2.10. The van der Waals surface area contributed by atoms with Crippen molar-refractivity contribution in [1.82, 2.24) is 4.98 Å². The monoisotopic (exact) mass is 330 g/mol. The molecule has 2 rings (SSSR count). The number of pyridine rings is 1. The molecule has 0 aliphatic rings. The fraction of sp³-hybridized carbons (Fsp3) is 0.100. The van der Waals surface area contributed by atoms with Crippen molar-refractivity contribution in [3.8, 4) is 5.75 Å². The summed E-state index contributed by atoms with van der Waals surface area (Å²) < 4.78 is 6.06. The predicted octanol–water partition coefficient (Wildman–Crippen LogP) is 2.76. The molecule has 1 aromatic carbocycles. The largest absolute Gasteiger partial charge is 0.496 e. The van der Waals surface area contributed by atoms with E-state index in [0.29, 0.717) is 16.7 Å². The summed E-state index contributed by atoms with van der Waals surface area (Å²) in [5, 5.41) is 11.5. The van der Waals surface area contributed by atoms with Gasteiger partial charge in [0.15, 0.2) is 5.52 Å². The Morgan fingerprint density at radius 3 is 2.88 bits per heavy atom. The fourth-order valence-corrected chi connectivity index (χ4v) is 1.93. The van der Waals surface area contributed by atoms with Crippen molar-refractivity contribution in [2.24, 2.45) is 0 Å². The van der Waals surface area contributed by atoms with E-state index in [9.17, 15) is 10.1 Å². The van der Waals surface area contributed by atoms with Crippen LogP contribution >= 0.6 is 22.6 Å². The zero-order valence-electron chi connectivity index (χ0n) is 8.31. The molecule has 82 valence electrons. The molecule has 0 amide bonds. The molecule has 2 aromatic rings. The maximum absolute atomic E-state index is 10.8. The number of rotatable bonds is 2. The number of hydrogen-bond acceptors (Lipinski definition) is 4. The lowest BCUT2D eigenvalue weighted by Gasteiger charge is -2.05. The Labute approximate surface area is 105 Å². The SMILES string of the molecule is COc1ccc([N+](=O)[O-])c2ncc(I)cc12. The Morgan fingerprint density at radius 1 is 1.50 bits per heavy atom. The van der Waals surface area contributed by atoms with Crippen molar-refractivity contribution in [2.75, 3.05) is 7.11 Å². The number of ether oxygens (including phenoxy) is 1. The number of benzene rings is 1. The Kier molecular flexibility index (Phi) is 2.90. The van der Waals surface area contributed by atoms with Crippen LogP contribution in [0.5, 0.6) is 5.75 Å². The number of nitro benzene ring substituents is 1. The molecule has 0 N–H and O–H groups in total. The van der Waals surface area contributed by atoms with Crippen LogP contribution in [0.15, 0.2) is 24.4 Å². The average Bonchev–Trinajstić information content (AvgIpc) is 2.27. The van der Waals surface area contributed by atoms with E-state index in [2.05, 4.69) is 27.6 Å². The van der Waals surface area contributed by atoms with Gasteiger partial charge in [-0.2, -0.15) is 0 Å². The minimum atomic E-state index is -0.443. The van der Waals surface area contributed by atoms with Gasteiger partial charge < -0.3 is 4.74 Å². The number of aromatic nitrogens is 1. The van der Waals surface area contributed by atoms with E-state index in [1.54, 1.807) is 12.3 Å². The summed E-state index contributed by atoms with van der Waals surface area (Å²) in [6.07, 6.45) is 1.59. The van der Waals surface area contributed by atoms with Crippen LogP contribution in [0.25, 0.3) is 10.9 Å². The van der Waals surface area contributed by atoms with E-state index in [1.807, 2.05) is 6.07 Å². The highest BCUT2D eigenvalue weighted by molar-refractivity contribution is 14.1. The van der Waals surface area contributed by atoms with Crippen LogP contribution in [-0.4, -0.2) is 17.0 Å². The third kappa shape index (κ3) is 1.80. The van der Waals surface area contributed by atoms with Crippen LogP contribution < -0.4 is 4.74 Å². The van der Waals surface area contributed by atoms with Gasteiger partial charge in [-0.25, -0.2) is 4.98 Å². The first kappa shape index (κ1) is 11.1. The van der Waals surface area contributed by atoms with Gasteiger partial charge in [0.2, 0.25) is 0 Å². The average molecular weight is 330 g/mol. The van der Waals surface area contributed by atoms with Gasteiger partial charge in [0.05, 0.1) is 17.4 Å². The number of non-ortho nitro benzene ring substituents is 1. The predicted molar refractivity (Wildman–Crippen MR) is 67.7 cm³/mol. The van der Waals surface area contributed by atoms with Crippen LogP contribution in [-0.2, 0) is 0 Å². The second-order valence-electron chi connectivity index (χ2n) is 3.09. The first-order valence-electron chi connectivity index (χ1n) is 4.40. The van der Waals surface area contributed by atoms with Gasteiger partial charge in [-0.05, 0) is 34.7 Å². The lowest BCUT2D eigenvalue weighted by atomic mass is 10.2. The van der Waals surface area contributed by atoms with Crippen molar-refractivity contribution in [1.29, 1.82) is 0 Å². The van der Waals surface area contributed by atoms with Crippen molar-refractivity contribution in [3.05, 3.63) is 38.1 Å². The molecular formula is C10H7IN2O3. The molecule has 1 aromatic heterocycles.